The molecule has 0 bridgehead atoms. The summed E-state index contributed by atoms with van der Waals surface area (Å²) >= 11 is 7.03. The normalized spacial score (nSPS) is 10.6. The van der Waals surface area contributed by atoms with Crippen molar-refractivity contribution < 1.29 is 9.18 Å². The quantitative estimate of drug-likeness (QED) is 0.739. The smallest absolute Gasteiger partial charge is 0.205 e. The molecule has 0 N–H and O–H groups in total. The largest absolute Gasteiger partial charge is 0.288 e. The summed E-state index contributed by atoms with van der Waals surface area (Å²) in [6.45, 7) is 3.87. The van der Waals surface area contributed by atoms with E-state index in [0.29, 0.717) is 4.88 Å². The van der Waals surface area contributed by atoms with Gasteiger partial charge in [0.1, 0.15) is 5.82 Å². The van der Waals surface area contributed by atoms with E-state index in [1.807, 2.05) is 13.8 Å². The van der Waals surface area contributed by atoms with Crippen molar-refractivity contribution in [3.8, 4) is 0 Å². The van der Waals surface area contributed by atoms with Gasteiger partial charge in [0.25, 0.3) is 0 Å². The van der Waals surface area contributed by atoms with Gasteiger partial charge in [-0.25, -0.2) is 4.39 Å². The first-order valence-corrected chi connectivity index (χ1v) is 6.25. The molecule has 0 saturated carbocycles. The maximum atomic E-state index is 13.6. The number of hydrogen-bond acceptors (Lipinski definition) is 2. The second-order valence-corrected chi connectivity index (χ2v) is 5.50. The third-order valence-corrected chi connectivity index (χ3v) is 3.95. The first-order valence-electron chi connectivity index (χ1n) is 5.06. The second kappa shape index (κ2) is 4.59. The van der Waals surface area contributed by atoms with Crippen LogP contribution in [0, 0.1) is 19.7 Å². The molecule has 1 nitrogen and oxygen atoms in total. The van der Waals surface area contributed by atoms with Crippen molar-refractivity contribution in [2.24, 2.45) is 0 Å². The number of aryl methyl sites for hydroxylation is 2. The minimum absolute atomic E-state index is 0.0654. The van der Waals surface area contributed by atoms with Crippen LogP contribution in [0.25, 0.3) is 0 Å². The summed E-state index contributed by atoms with van der Waals surface area (Å²) in [5.74, 6) is -0.869. The fraction of sp³-hybridized carbons (Fsp3) is 0.154. The highest BCUT2D eigenvalue weighted by atomic mass is 35.5. The van der Waals surface area contributed by atoms with Crippen LogP contribution in [0.4, 0.5) is 4.39 Å². The molecule has 4 heteroatoms. The summed E-state index contributed by atoms with van der Waals surface area (Å²) < 4.78 is 13.6. The summed E-state index contributed by atoms with van der Waals surface area (Å²) in [5.41, 5.74) is 1.11. The number of rotatable bonds is 2. The molecule has 88 valence electrons. The van der Waals surface area contributed by atoms with Crippen molar-refractivity contribution in [1.29, 1.82) is 0 Å². The molecule has 1 aromatic carbocycles. The molecule has 0 saturated heterocycles. The van der Waals surface area contributed by atoms with Gasteiger partial charge in [-0.2, -0.15) is 0 Å². The van der Waals surface area contributed by atoms with Crippen molar-refractivity contribution in [2.75, 3.05) is 0 Å². The molecule has 17 heavy (non-hydrogen) atoms. The standard InChI is InChI=1S/C13H10ClFOS/c1-7-5-12(17-8(7)2)13(16)10-4-3-9(14)6-11(10)15/h3-6H,1-2H3. The number of ketones is 1. The van der Waals surface area contributed by atoms with Crippen LogP contribution in [0.1, 0.15) is 25.7 Å². The Bertz CT molecular complexity index is 570. The third-order valence-electron chi connectivity index (χ3n) is 2.57. The Labute approximate surface area is 108 Å². The maximum absolute atomic E-state index is 13.6. The monoisotopic (exact) mass is 268 g/mol. The third kappa shape index (κ3) is 2.40. The van der Waals surface area contributed by atoms with Crippen molar-refractivity contribution in [3.63, 3.8) is 0 Å². The van der Waals surface area contributed by atoms with Gasteiger partial charge < -0.3 is 0 Å². The van der Waals surface area contributed by atoms with Crippen molar-refractivity contribution in [1.82, 2.24) is 0 Å². The molecule has 0 aliphatic rings. The Hall–Kier alpha value is -1.19. The first-order chi connectivity index (χ1) is 7.99. The zero-order valence-corrected chi connectivity index (χ0v) is 11.0. The molecule has 1 aromatic heterocycles. The van der Waals surface area contributed by atoms with Gasteiger partial charge in [-0.15, -0.1) is 11.3 Å². The molecule has 1 heterocycles. The first kappa shape index (κ1) is 12.3. The van der Waals surface area contributed by atoms with E-state index in [2.05, 4.69) is 0 Å². The van der Waals surface area contributed by atoms with Gasteiger partial charge in [-0.05, 0) is 43.7 Å². The molecule has 0 unspecified atom stereocenters. The van der Waals surface area contributed by atoms with Crippen LogP contribution in [-0.4, -0.2) is 5.78 Å². The van der Waals surface area contributed by atoms with E-state index < -0.39 is 5.82 Å². The lowest BCUT2D eigenvalue weighted by Crippen LogP contribution is -2.01. The zero-order valence-electron chi connectivity index (χ0n) is 9.38. The minimum Gasteiger partial charge on any atom is -0.288 e. The maximum Gasteiger partial charge on any atom is 0.205 e. The Morgan fingerprint density at radius 3 is 2.53 bits per heavy atom. The van der Waals surface area contributed by atoms with Crippen LogP contribution in [0.2, 0.25) is 5.02 Å². The summed E-state index contributed by atoms with van der Waals surface area (Å²) in [7, 11) is 0. The van der Waals surface area contributed by atoms with E-state index in [1.165, 1.54) is 23.5 Å². The van der Waals surface area contributed by atoms with Gasteiger partial charge in [0, 0.05) is 9.90 Å². The van der Waals surface area contributed by atoms with E-state index in [9.17, 15) is 9.18 Å². The topological polar surface area (TPSA) is 17.1 Å². The molecular weight excluding hydrogens is 259 g/mol. The predicted octanol–water partition coefficient (Wildman–Crippen LogP) is 4.39. The molecule has 0 fully saturated rings. The summed E-state index contributed by atoms with van der Waals surface area (Å²) in [6, 6.07) is 5.88. The fourth-order valence-corrected chi connectivity index (χ4v) is 2.64. The van der Waals surface area contributed by atoms with E-state index in [4.69, 9.17) is 11.6 Å². The van der Waals surface area contributed by atoms with Crippen LogP contribution in [0.3, 0.4) is 0 Å². The van der Waals surface area contributed by atoms with E-state index in [1.54, 1.807) is 6.07 Å². The Morgan fingerprint density at radius 1 is 1.29 bits per heavy atom. The lowest BCUT2D eigenvalue weighted by Gasteiger charge is -2.00. The number of halogens is 2. The van der Waals surface area contributed by atoms with Gasteiger partial charge >= 0.3 is 0 Å². The van der Waals surface area contributed by atoms with E-state index in [-0.39, 0.29) is 16.4 Å². The molecule has 2 rings (SSSR count). The lowest BCUT2D eigenvalue weighted by molar-refractivity contribution is 0.103. The Balaban J connectivity index is 2.43. The number of hydrogen-bond donors (Lipinski definition) is 0. The fourth-order valence-electron chi connectivity index (χ4n) is 1.49. The molecule has 0 radical (unpaired) electrons. The summed E-state index contributed by atoms with van der Waals surface area (Å²) in [4.78, 5) is 13.7. The molecule has 0 aliphatic heterocycles. The van der Waals surface area contributed by atoms with E-state index >= 15 is 0 Å². The van der Waals surface area contributed by atoms with Crippen molar-refractivity contribution in [2.45, 2.75) is 13.8 Å². The number of carbonyl (C=O) groups is 1. The average Bonchev–Trinajstić information content (AvgIpc) is 2.58. The molecule has 0 aliphatic carbocycles. The van der Waals surface area contributed by atoms with Crippen LogP contribution >= 0.6 is 22.9 Å². The zero-order chi connectivity index (χ0) is 12.6. The predicted molar refractivity (Wildman–Crippen MR) is 68.6 cm³/mol. The average molecular weight is 269 g/mol. The molecule has 0 amide bonds. The molecule has 0 spiro atoms. The highest BCUT2D eigenvalue weighted by molar-refractivity contribution is 7.14. The molecular formula is C13H10ClFOS. The van der Waals surface area contributed by atoms with E-state index in [0.717, 1.165) is 16.5 Å². The highest BCUT2D eigenvalue weighted by Gasteiger charge is 2.16. The molecule has 0 atom stereocenters. The van der Waals surface area contributed by atoms with Crippen LogP contribution in [0.5, 0.6) is 0 Å². The summed E-state index contributed by atoms with van der Waals surface area (Å²) in [5, 5.41) is 0.289. The Morgan fingerprint density at radius 2 is 2.00 bits per heavy atom. The van der Waals surface area contributed by atoms with Crippen molar-refractivity contribution >= 4 is 28.7 Å². The Kier molecular flexibility index (Phi) is 3.31. The van der Waals surface area contributed by atoms with Gasteiger partial charge in [0.15, 0.2) is 0 Å². The second-order valence-electron chi connectivity index (χ2n) is 3.80. The van der Waals surface area contributed by atoms with Crippen LogP contribution in [-0.2, 0) is 0 Å². The number of benzene rings is 1. The van der Waals surface area contributed by atoms with Gasteiger partial charge in [0.2, 0.25) is 5.78 Å². The van der Waals surface area contributed by atoms with Gasteiger partial charge in [-0.3, -0.25) is 4.79 Å². The van der Waals surface area contributed by atoms with Gasteiger partial charge in [0.05, 0.1) is 10.4 Å². The molecule has 2 aromatic rings. The SMILES string of the molecule is Cc1cc(C(=O)c2ccc(Cl)cc2F)sc1C. The number of carbonyl (C=O) groups excluding carboxylic acids is 1. The highest BCUT2D eigenvalue weighted by Crippen LogP contribution is 2.25. The van der Waals surface area contributed by atoms with Gasteiger partial charge in [-0.1, -0.05) is 11.6 Å². The van der Waals surface area contributed by atoms with Crippen molar-refractivity contribution in [3.05, 3.63) is 56.0 Å². The minimum atomic E-state index is -0.578. The summed E-state index contributed by atoms with van der Waals surface area (Å²) in [6.07, 6.45) is 0. The van der Waals surface area contributed by atoms with Crippen LogP contribution < -0.4 is 0 Å². The number of thiophene rings is 1. The van der Waals surface area contributed by atoms with Crippen LogP contribution in [0.15, 0.2) is 24.3 Å². The lowest BCUT2D eigenvalue weighted by atomic mass is 10.1.